The molecule has 224 valence electrons. The van der Waals surface area contributed by atoms with E-state index in [-0.39, 0.29) is 12.4 Å². The van der Waals surface area contributed by atoms with Crippen molar-refractivity contribution in [3.63, 3.8) is 0 Å². The number of allylic oxidation sites excluding steroid dienone is 4. The second kappa shape index (κ2) is 18.6. The fraction of sp³-hybridized carbons (Fsp3) is 0.156. The van der Waals surface area contributed by atoms with Crippen LogP contribution in [0.25, 0.3) is 5.57 Å². The van der Waals surface area contributed by atoms with Gasteiger partial charge in [0.2, 0.25) is 17.8 Å². The SMILES string of the molecule is C=C/C=C\C/C(=C\CC(=O)O)c1ccc(C=N)o1.CC.COc1ccc(Nc2nc(N)nc(Nc3ccccc3)n2)cc1. The van der Waals surface area contributed by atoms with E-state index in [9.17, 15) is 4.79 Å². The maximum absolute atomic E-state index is 10.6. The molecule has 6 N–H and O–H groups in total. The van der Waals surface area contributed by atoms with Crippen molar-refractivity contribution in [1.82, 2.24) is 15.0 Å². The second-order valence-corrected chi connectivity index (χ2v) is 8.23. The summed E-state index contributed by atoms with van der Waals surface area (Å²) in [6, 6.07) is 20.4. The number of carboxylic acids is 1. The van der Waals surface area contributed by atoms with Crippen LogP contribution in [-0.4, -0.2) is 39.4 Å². The average molecular weight is 584 g/mol. The van der Waals surface area contributed by atoms with Gasteiger partial charge >= 0.3 is 5.97 Å². The van der Waals surface area contributed by atoms with Crippen LogP contribution in [0.4, 0.5) is 29.2 Å². The lowest BCUT2D eigenvalue weighted by Crippen LogP contribution is -2.06. The summed E-state index contributed by atoms with van der Waals surface area (Å²) < 4.78 is 10.5. The number of hydrogen-bond donors (Lipinski definition) is 5. The first kappa shape index (κ1) is 33.5. The van der Waals surface area contributed by atoms with Gasteiger partial charge in [-0.15, -0.1) is 0 Å². The molecule has 2 aromatic heterocycles. The summed E-state index contributed by atoms with van der Waals surface area (Å²) in [5, 5.41) is 21.9. The topological polar surface area (TPSA) is 172 Å². The summed E-state index contributed by atoms with van der Waals surface area (Å²) in [6.07, 6.45) is 8.53. The number of anilines is 5. The van der Waals surface area contributed by atoms with Crippen LogP contribution in [0.1, 0.15) is 38.2 Å². The Morgan fingerprint density at radius 3 is 2.14 bits per heavy atom. The van der Waals surface area contributed by atoms with Gasteiger partial charge in [0.15, 0.2) is 0 Å². The van der Waals surface area contributed by atoms with Crippen molar-refractivity contribution >= 4 is 47.0 Å². The van der Waals surface area contributed by atoms with Gasteiger partial charge < -0.3 is 36.0 Å². The van der Waals surface area contributed by atoms with Gasteiger partial charge in [-0.2, -0.15) is 15.0 Å². The number of para-hydroxylation sites is 1. The van der Waals surface area contributed by atoms with E-state index in [0.717, 1.165) is 28.9 Å². The number of carbonyl (C=O) groups is 1. The highest BCUT2D eigenvalue weighted by Gasteiger charge is 2.07. The highest BCUT2D eigenvalue weighted by atomic mass is 16.5. The maximum Gasteiger partial charge on any atom is 0.307 e. The number of furan rings is 1. The lowest BCUT2D eigenvalue weighted by atomic mass is 10.1. The van der Waals surface area contributed by atoms with Gasteiger partial charge in [-0.05, 0) is 60.5 Å². The summed E-state index contributed by atoms with van der Waals surface area (Å²) in [5.74, 6) is 1.79. The van der Waals surface area contributed by atoms with Crippen LogP contribution in [0.2, 0.25) is 0 Å². The Balaban J connectivity index is 0.000000293. The average Bonchev–Trinajstić information content (AvgIpc) is 3.50. The molecule has 2 aromatic carbocycles. The third-order valence-electron chi connectivity index (χ3n) is 5.25. The zero-order chi connectivity index (χ0) is 31.5. The van der Waals surface area contributed by atoms with E-state index in [2.05, 4.69) is 32.2 Å². The van der Waals surface area contributed by atoms with Gasteiger partial charge in [-0.25, -0.2) is 0 Å². The molecule has 0 spiro atoms. The summed E-state index contributed by atoms with van der Waals surface area (Å²) in [7, 11) is 1.62. The number of aliphatic carboxylic acids is 1. The van der Waals surface area contributed by atoms with E-state index in [1.807, 2.05) is 74.5 Å². The first-order chi connectivity index (χ1) is 20.9. The number of ether oxygens (including phenoxy) is 1. The number of methoxy groups -OCH3 is 1. The van der Waals surface area contributed by atoms with Gasteiger partial charge in [0.25, 0.3) is 0 Å². The van der Waals surface area contributed by atoms with Gasteiger partial charge in [-0.1, -0.05) is 62.9 Å². The largest absolute Gasteiger partial charge is 0.497 e. The minimum Gasteiger partial charge on any atom is -0.497 e. The summed E-state index contributed by atoms with van der Waals surface area (Å²) in [6.45, 7) is 7.57. The molecule has 0 atom stereocenters. The first-order valence-corrected chi connectivity index (χ1v) is 13.4. The minimum atomic E-state index is -0.890. The zero-order valence-electron chi connectivity index (χ0n) is 24.4. The predicted octanol–water partition coefficient (Wildman–Crippen LogP) is 7.24. The van der Waals surface area contributed by atoms with Crippen molar-refractivity contribution in [3.8, 4) is 5.75 Å². The van der Waals surface area contributed by atoms with Crippen molar-refractivity contribution in [3.05, 3.63) is 109 Å². The van der Waals surface area contributed by atoms with E-state index in [0.29, 0.717) is 29.8 Å². The number of nitrogens with two attached hydrogens (primary N) is 1. The molecule has 0 saturated heterocycles. The molecule has 0 saturated carbocycles. The number of aromatic nitrogens is 3. The highest BCUT2D eigenvalue weighted by Crippen LogP contribution is 2.22. The van der Waals surface area contributed by atoms with E-state index in [1.165, 1.54) is 0 Å². The Kier molecular flexibility index (Phi) is 14.5. The highest BCUT2D eigenvalue weighted by molar-refractivity contribution is 5.76. The second-order valence-electron chi connectivity index (χ2n) is 8.23. The summed E-state index contributed by atoms with van der Waals surface area (Å²) in [5.41, 5.74) is 8.22. The first-order valence-electron chi connectivity index (χ1n) is 13.4. The molecule has 0 aliphatic rings. The van der Waals surface area contributed by atoms with E-state index >= 15 is 0 Å². The van der Waals surface area contributed by atoms with Crippen molar-refractivity contribution in [2.75, 3.05) is 23.5 Å². The monoisotopic (exact) mass is 583 g/mol. The molecule has 11 heteroatoms. The molecular formula is C32H37N7O4. The van der Waals surface area contributed by atoms with Crippen LogP contribution in [0, 0.1) is 5.41 Å². The Morgan fingerprint density at radius 2 is 1.60 bits per heavy atom. The zero-order valence-corrected chi connectivity index (χ0v) is 24.4. The van der Waals surface area contributed by atoms with Crippen LogP contribution in [0.15, 0.2) is 102 Å². The number of nitrogens with zero attached hydrogens (tertiary/aromatic N) is 3. The van der Waals surface area contributed by atoms with Crippen LogP contribution in [0.5, 0.6) is 5.75 Å². The molecular weight excluding hydrogens is 546 g/mol. The van der Waals surface area contributed by atoms with E-state index in [1.54, 1.807) is 37.5 Å². The normalized spacial score (nSPS) is 10.4. The smallest absolute Gasteiger partial charge is 0.307 e. The number of nitrogens with one attached hydrogen (secondary N) is 3. The number of hydrogen-bond acceptors (Lipinski definition) is 10. The molecule has 0 bridgehead atoms. The van der Waals surface area contributed by atoms with Crippen molar-refractivity contribution < 1.29 is 19.1 Å². The molecule has 0 unspecified atom stereocenters. The molecule has 0 radical (unpaired) electrons. The van der Waals surface area contributed by atoms with Crippen molar-refractivity contribution in [2.45, 2.75) is 26.7 Å². The van der Waals surface area contributed by atoms with Gasteiger partial charge in [0, 0.05) is 11.4 Å². The molecule has 43 heavy (non-hydrogen) atoms. The predicted molar refractivity (Wildman–Crippen MR) is 172 cm³/mol. The third-order valence-corrected chi connectivity index (χ3v) is 5.25. The van der Waals surface area contributed by atoms with Gasteiger partial charge in [0.05, 0.1) is 19.7 Å². The number of benzene rings is 2. The fourth-order valence-electron chi connectivity index (χ4n) is 3.35. The van der Waals surface area contributed by atoms with E-state index in [4.69, 9.17) is 25.4 Å². The van der Waals surface area contributed by atoms with Crippen molar-refractivity contribution in [1.29, 1.82) is 5.41 Å². The van der Waals surface area contributed by atoms with Crippen LogP contribution in [-0.2, 0) is 4.79 Å². The molecule has 0 fully saturated rings. The van der Waals surface area contributed by atoms with Crippen LogP contribution in [0.3, 0.4) is 0 Å². The number of carboxylic acid groups (broad SMARTS) is 1. The molecule has 11 nitrogen and oxygen atoms in total. The van der Waals surface area contributed by atoms with E-state index < -0.39 is 5.97 Å². The molecule has 4 rings (SSSR count). The lowest BCUT2D eigenvalue weighted by molar-refractivity contribution is -0.136. The van der Waals surface area contributed by atoms with Crippen LogP contribution >= 0.6 is 0 Å². The summed E-state index contributed by atoms with van der Waals surface area (Å²) >= 11 is 0. The number of nitrogen functional groups attached to an aromatic ring is 1. The summed E-state index contributed by atoms with van der Waals surface area (Å²) in [4.78, 5) is 23.1. The molecule has 0 aliphatic carbocycles. The third kappa shape index (κ3) is 12.1. The molecule has 0 aliphatic heterocycles. The lowest BCUT2D eigenvalue weighted by Gasteiger charge is -2.09. The maximum atomic E-state index is 10.6. The minimum absolute atomic E-state index is 0.0577. The van der Waals surface area contributed by atoms with Crippen LogP contribution < -0.4 is 21.1 Å². The Bertz CT molecular complexity index is 1500. The van der Waals surface area contributed by atoms with Gasteiger partial charge in [-0.3, -0.25) is 4.79 Å². The quantitative estimate of drug-likeness (QED) is 0.0845. The van der Waals surface area contributed by atoms with Gasteiger partial charge in [0.1, 0.15) is 17.3 Å². The Labute approximate surface area is 251 Å². The molecule has 0 amide bonds. The Morgan fingerprint density at radius 1 is 0.977 bits per heavy atom. The fourth-order valence-corrected chi connectivity index (χ4v) is 3.35. The molecule has 4 aromatic rings. The number of rotatable bonds is 12. The standard InChI is InChI=1S/C16H16N6O.C14H15NO3.C2H6/c1-23-13-9-7-12(8-10-13)19-16-21-14(17)20-15(22-16)18-11-5-3-2-4-6-11;1-2-3-4-5-11(6-9-14(16)17)13-8-7-12(10-15)18-13;1-2/h2-10H,1H3,(H4,17,18,19,20,21,22);2-4,6-8,10,15H,1,5,9H2,(H,16,17);1-2H3/b;4-3-,11-6+,15-10?;. The molecule has 2 heterocycles. The van der Waals surface area contributed by atoms with Crippen molar-refractivity contribution in [2.24, 2.45) is 0 Å². The Hall–Kier alpha value is -5.71.